The predicted octanol–water partition coefficient (Wildman–Crippen LogP) is 1.42. The molecule has 2 amide bonds. The summed E-state index contributed by atoms with van der Waals surface area (Å²) in [6, 6.07) is 5.47. The summed E-state index contributed by atoms with van der Waals surface area (Å²) in [6.07, 6.45) is -4.37. The fourth-order valence-corrected chi connectivity index (χ4v) is 1.28. The van der Waals surface area contributed by atoms with Crippen LogP contribution in [0.15, 0.2) is 24.3 Å². The lowest BCUT2D eigenvalue weighted by molar-refractivity contribution is -0.153. The summed E-state index contributed by atoms with van der Waals surface area (Å²) < 4.78 is 40.4. The lowest BCUT2D eigenvalue weighted by Gasteiger charge is -2.10. The van der Waals surface area contributed by atoms with Crippen molar-refractivity contribution < 1.29 is 27.8 Å². The molecule has 0 atom stereocenters. The monoisotopic (exact) mass is 292 g/mol. The van der Waals surface area contributed by atoms with E-state index < -0.39 is 18.8 Å². The number of nitrogens with one attached hydrogen (secondary N) is 2. The number of ether oxygens (including phenoxy) is 1. The van der Waals surface area contributed by atoms with Crippen molar-refractivity contribution in [1.29, 1.82) is 0 Å². The van der Waals surface area contributed by atoms with Gasteiger partial charge in [-0.2, -0.15) is 13.2 Å². The highest BCUT2D eigenvalue weighted by Crippen LogP contribution is 2.18. The van der Waals surface area contributed by atoms with Crippen LogP contribution >= 0.6 is 0 Å². The van der Waals surface area contributed by atoms with Crippen LogP contribution in [-0.4, -0.2) is 37.1 Å². The number of urea groups is 1. The van der Waals surface area contributed by atoms with Gasteiger partial charge in [-0.15, -0.1) is 0 Å². The molecule has 0 bridgehead atoms. The number of hydrogen-bond donors (Lipinski definition) is 3. The molecule has 0 fully saturated rings. The van der Waals surface area contributed by atoms with Crippen molar-refractivity contribution >= 4 is 6.03 Å². The van der Waals surface area contributed by atoms with E-state index in [0.717, 1.165) is 0 Å². The first kappa shape index (κ1) is 16.1. The Hall–Kier alpha value is -1.96. The van der Waals surface area contributed by atoms with E-state index in [1.165, 1.54) is 12.1 Å². The Morgan fingerprint density at radius 1 is 1.20 bits per heavy atom. The zero-order valence-corrected chi connectivity index (χ0v) is 10.5. The molecular weight excluding hydrogens is 277 g/mol. The highest BCUT2D eigenvalue weighted by atomic mass is 19.4. The first-order valence-electron chi connectivity index (χ1n) is 5.82. The summed E-state index contributed by atoms with van der Waals surface area (Å²) in [5, 5.41) is 13.4. The summed E-state index contributed by atoms with van der Waals surface area (Å²) in [5.41, 5.74) is 0.712. The molecule has 20 heavy (non-hydrogen) atoms. The van der Waals surface area contributed by atoms with Crippen LogP contribution in [0.4, 0.5) is 18.0 Å². The molecule has 1 rings (SSSR count). The summed E-state index contributed by atoms with van der Waals surface area (Å²) in [6.45, 7) is -1.13. The fourth-order valence-electron chi connectivity index (χ4n) is 1.28. The van der Waals surface area contributed by atoms with E-state index in [1.54, 1.807) is 12.1 Å². The summed E-state index contributed by atoms with van der Waals surface area (Å²) in [7, 11) is 0. The molecule has 0 radical (unpaired) electrons. The second-order valence-electron chi connectivity index (χ2n) is 3.88. The van der Waals surface area contributed by atoms with E-state index in [0.29, 0.717) is 5.56 Å². The molecule has 0 saturated carbocycles. The summed E-state index contributed by atoms with van der Waals surface area (Å²) in [4.78, 5) is 11.2. The zero-order valence-electron chi connectivity index (χ0n) is 10.5. The van der Waals surface area contributed by atoms with Crippen molar-refractivity contribution in [1.82, 2.24) is 10.6 Å². The van der Waals surface area contributed by atoms with Crippen molar-refractivity contribution in [3.05, 3.63) is 29.8 Å². The largest absolute Gasteiger partial charge is 0.484 e. The third-order valence-electron chi connectivity index (χ3n) is 2.18. The minimum atomic E-state index is -4.37. The Kier molecular flexibility index (Phi) is 6.10. The van der Waals surface area contributed by atoms with Gasteiger partial charge >= 0.3 is 12.2 Å². The molecule has 0 aliphatic carbocycles. The predicted molar refractivity (Wildman–Crippen MR) is 65.3 cm³/mol. The number of alkyl halides is 3. The van der Waals surface area contributed by atoms with Gasteiger partial charge in [0.05, 0.1) is 6.61 Å². The molecular formula is C12H15F3N2O3. The van der Waals surface area contributed by atoms with Crippen LogP contribution in [0.3, 0.4) is 0 Å². The number of aliphatic hydroxyl groups excluding tert-OH is 1. The highest BCUT2D eigenvalue weighted by molar-refractivity contribution is 5.73. The van der Waals surface area contributed by atoms with Gasteiger partial charge in [0.1, 0.15) is 5.75 Å². The molecule has 5 nitrogen and oxygen atoms in total. The second-order valence-corrected chi connectivity index (χ2v) is 3.88. The van der Waals surface area contributed by atoms with Crippen LogP contribution in [0.1, 0.15) is 5.56 Å². The van der Waals surface area contributed by atoms with E-state index in [4.69, 9.17) is 5.11 Å². The van der Waals surface area contributed by atoms with Gasteiger partial charge in [-0.1, -0.05) is 12.1 Å². The topological polar surface area (TPSA) is 70.6 Å². The molecule has 0 spiro atoms. The van der Waals surface area contributed by atoms with Gasteiger partial charge in [0.2, 0.25) is 0 Å². The lowest BCUT2D eigenvalue weighted by Crippen LogP contribution is -2.36. The maximum Gasteiger partial charge on any atom is 0.422 e. The van der Waals surface area contributed by atoms with Crippen LogP contribution in [0.5, 0.6) is 5.75 Å². The van der Waals surface area contributed by atoms with Crippen LogP contribution in [0, 0.1) is 0 Å². The minimum Gasteiger partial charge on any atom is -0.484 e. The quantitative estimate of drug-likeness (QED) is 0.742. The number of carbonyl (C=O) groups excluding carboxylic acids is 1. The summed E-state index contributed by atoms with van der Waals surface area (Å²) in [5.74, 6) is 0.107. The fraction of sp³-hybridized carbons (Fsp3) is 0.417. The molecule has 0 heterocycles. The van der Waals surface area contributed by atoms with Crippen molar-refractivity contribution in [3.63, 3.8) is 0 Å². The normalized spacial score (nSPS) is 11.0. The number of halogens is 3. The van der Waals surface area contributed by atoms with Crippen LogP contribution in [0.2, 0.25) is 0 Å². The van der Waals surface area contributed by atoms with E-state index in [2.05, 4.69) is 15.4 Å². The molecule has 0 aliphatic heterocycles. The van der Waals surface area contributed by atoms with Gasteiger partial charge in [0.25, 0.3) is 0 Å². The van der Waals surface area contributed by atoms with Crippen LogP contribution < -0.4 is 15.4 Å². The number of rotatable bonds is 6. The average molecular weight is 292 g/mol. The first-order valence-corrected chi connectivity index (χ1v) is 5.82. The van der Waals surface area contributed by atoms with E-state index in [-0.39, 0.29) is 25.4 Å². The van der Waals surface area contributed by atoms with E-state index >= 15 is 0 Å². The van der Waals surface area contributed by atoms with Crippen LogP contribution in [-0.2, 0) is 6.54 Å². The van der Waals surface area contributed by atoms with Gasteiger partial charge in [-0.05, 0) is 17.7 Å². The summed E-state index contributed by atoms with van der Waals surface area (Å²) >= 11 is 0. The Morgan fingerprint density at radius 2 is 1.85 bits per heavy atom. The molecule has 0 unspecified atom stereocenters. The van der Waals surface area contributed by atoms with E-state index in [1.807, 2.05) is 0 Å². The Balaban J connectivity index is 2.37. The first-order chi connectivity index (χ1) is 9.40. The third kappa shape index (κ3) is 6.83. The van der Waals surface area contributed by atoms with Crippen molar-refractivity contribution in [2.45, 2.75) is 12.7 Å². The molecule has 3 N–H and O–H groups in total. The molecule has 0 aliphatic rings. The second kappa shape index (κ2) is 7.59. The van der Waals surface area contributed by atoms with E-state index in [9.17, 15) is 18.0 Å². The van der Waals surface area contributed by atoms with Gasteiger partial charge in [-0.25, -0.2) is 4.79 Å². The molecule has 1 aromatic rings. The number of hydrogen-bond acceptors (Lipinski definition) is 3. The number of benzene rings is 1. The maximum absolute atomic E-state index is 11.9. The molecule has 0 aromatic heterocycles. The number of amides is 2. The van der Waals surface area contributed by atoms with Crippen molar-refractivity contribution in [3.8, 4) is 5.75 Å². The standard InChI is InChI=1S/C12H15F3N2O3/c13-12(14,15)8-20-10-3-1-9(2-4-10)7-17-11(19)16-5-6-18/h1-4,18H,5-8H2,(H2,16,17,19). The lowest BCUT2D eigenvalue weighted by atomic mass is 10.2. The Labute approximate surface area is 113 Å². The minimum absolute atomic E-state index is 0.107. The maximum atomic E-state index is 11.9. The van der Waals surface area contributed by atoms with Crippen LogP contribution in [0.25, 0.3) is 0 Å². The molecule has 112 valence electrons. The smallest absolute Gasteiger partial charge is 0.422 e. The van der Waals surface area contributed by atoms with Gasteiger partial charge < -0.3 is 20.5 Å². The zero-order chi connectivity index (χ0) is 15.0. The van der Waals surface area contributed by atoms with Gasteiger partial charge in [-0.3, -0.25) is 0 Å². The Bertz CT molecular complexity index is 421. The van der Waals surface area contributed by atoms with Gasteiger partial charge in [0, 0.05) is 13.1 Å². The van der Waals surface area contributed by atoms with Gasteiger partial charge in [0.15, 0.2) is 6.61 Å². The Morgan fingerprint density at radius 3 is 2.40 bits per heavy atom. The van der Waals surface area contributed by atoms with Crippen molar-refractivity contribution in [2.24, 2.45) is 0 Å². The average Bonchev–Trinajstić information content (AvgIpc) is 2.41. The highest BCUT2D eigenvalue weighted by Gasteiger charge is 2.28. The third-order valence-corrected chi connectivity index (χ3v) is 2.18. The number of aliphatic hydroxyl groups is 1. The molecule has 0 saturated heterocycles. The SMILES string of the molecule is O=C(NCCO)NCc1ccc(OCC(F)(F)F)cc1. The number of carbonyl (C=O) groups is 1. The van der Waals surface area contributed by atoms with Crippen molar-refractivity contribution in [2.75, 3.05) is 19.8 Å². The molecule has 8 heteroatoms. The molecule has 1 aromatic carbocycles.